The first-order valence-electron chi connectivity index (χ1n) is 5.00. The van der Waals surface area contributed by atoms with Crippen molar-refractivity contribution in [2.24, 2.45) is 0 Å². The van der Waals surface area contributed by atoms with E-state index in [9.17, 15) is 8.42 Å². The maximum absolute atomic E-state index is 12.2. The Labute approximate surface area is 106 Å². The lowest BCUT2D eigenvalue weighted by molar-refractivity contribution is 0.185. The van der Waals surface area contributed by atoms with Gasteiger partial charge in [-0.2, -0.15) is 9.40 Å². The lowest BCUT2D eigenvalue weighted by atomic mass is 10.3. The molecule has 1 aromatic heterocycles. The molecule has 1 heterocycles. The molecule has 98 valence electrons. The number of methoxy groups -OCH3 is 1. The predicted molar refractivity (Wildman–Crippen MR) is 64.6 cm³/mol. The molecule has 6 nitrogen and oxygen atoms in total. The molecular formula is C9H16ClN3O3S. The summed E-state index contributed by atoms with van der Waals surface area (Å²) in [5, 5.41) is 6.43. The van der Waals surface area contributed by atoms with Gasteiger partial charge in [-0.1, -0.05) is 0 Å². The van der Waals surface area contributed by atoms with Crippen LogP contribution in [0.4, 0.5) is 0 Å². The second kappa shape index (κ2) is 5.81. The van der Waals surface area contributed by atoms with Crippen molar-refractivity contribution in [3.8, 4) is 0 Å². The van der Waals surface area contributed by atoms with E-state index in [1.165, 1.54) is 18.5 Å². The maximum atomic E-state index is 12.2. The molecule has 0 saturated carbocycles. The summed E-state index contributed by atoms with van der Waals surface area (Å²) in [5.74, 6) is 0.106. The number of aromatic amines is 1. The quantitative estimate of drug-likeness (QED) is 0.780. The van der Waals surface area contributed by atoms with Crippen LogP contribution >= 0.6 is 11.6 Å². The Balaban J connectivity index is 3.04. The minimum Gasteiger partial charge on any atom is -0.383 e. The Hall–Kier alpha value is -0.630. The van der Waals surface area contributed by atoms with Crippen molar-refractivity contribution in [3.63, 3.8) is 0 Å². The van der Waals surface area contributed by atoms with Crippen LogP contribution in [0.25, 0.3) is 0 Å². The van der Waals surface area contributed by atoms with E-state index >= 15 is 0 Å². The number of aromatic nitrogens is 2. The predicted octanol–water partition coefficient (Wildman–Crippen LogP) is 0.724. The molecule has 0 spiro atoms. The topological polar surface area (TPSA) is 75.3 Å². The van der Waals surface area contributed by atoms with Crippen LogP contribution in [0, 0.1) is 6.92 Å². The zero-order valence-electron chi connectivity index (χ0n) is 10.0. The zero-order valence-corrected chi connectivity index (χ0v) is 11.6. The number of hydrogen-bond donors (Lipinski definition) is 1. The van der Waals surface area contributed by atoms with Crippen molar-refractivity contribution < 1.29 is 13.2 Å². The van der Waals surface area contributed by atoms with Crippen molar-refractivity contribution in [2.45, 2.75) is 17.8 Å². The highest BCUT2D eigenvalue weighted by Gasteiger charge is 2.27. The Morgan fingerprint density at radius 2 is 2.18 bits per heavy atom. The van der Waals surface area contributed by atoms with E-state index in [1.807, 2.05) is 0 Å². The van der Waals surface area contributed by atoms with Crippen LogP contribution in [0.2, 0.25) is 0 Å². The number of hydrogen-bond acceptors (Lipinski definition) is 4. The molecule has 0 bridgehead atoms. The molecule has 0 fully saturated rings. The fraction of sp³-hybridized carbons (Fsp3) is 0.667. The minimum absolute atomic E-state index is 0.0106. The molecule has 0 aromatic carbocycles. The van der Waals surface area contributed by atoms with E-state index in [0.29, 0.717) is 17.9 Å². The highest BCUT2D eigenvalue weighted by atomic mass is 35.5. The molecule has 0 radical (unpaired) electrons. The number of nitrogens with one attached hydrogen (secondary N) is 1. The molecule has 0 aliphatic rings. The van der Waals surface area contributed by atoms with Crippen LogP contribution in [0.1, 0.15) is 11.3 Å². The smallest absolute Gasteiger partial charge is 0.262 e. The third-order valence-corrected chi connectivity index (χ3v) is 4.53. The molecule has 8 heteroatoms. The van der Waals surface area contributed by atoms with Gasteiger partial charge < -0.3 is 4.74 Å². The van der Waals surface area contributed by atoms with Gasteiger partial charge in [0, 0.05) is 32.0 Å². The monoisotopic (exact) mass is 281 g/mol. The van der Waals surface area contributed by atoms with Gasteiger partial charge in [0.05, 0.1) is 12.5 Å². The summed E-state index contributed by atoms with van der Waals surface area (Å²) in [6, 6.07) is 0. The summed E-state index contributed by atoms with van der Waals surface area (Å²) in [5.41, 5.74) is 1.18. The van der Waals surface area contributed by atoms with Crippen molar-refractivity contribution in [2.75, 3.05) is 27.3 Å². The zero-order chi connectivity index (χ0) is 13.1. The number of rotatable bonds is 6. The number of nitrogens with zero attached hydrogens (tertiary/aromatic N) is 2. The highest BCUT2D eigenvalue weighted by Crippen LogP contribution is 2.20. The van der Waals surface area contributed by atoms with Crippen molar-refractivity contribution in [1.29, 1.82) is 0 Å². The first-order valence-corrected chi connectivity index (χ1v) is 6.97. The van der Waals surface area contributed by atoms with Crippen LogP contribution < -0.4 is 0 Å². The fourth-order valence-corrected chi connectivity index (χ4v) is 3.00. The SMILES string of the molecule is COCCN(C)S(=O)(=O)c1n[nH]c(C)c1CCl. The summed E-state index contributed by atoms with van der Waals surface area (Å²) in [6.45, 7) is 2.33. The average Bonchev–Trinajstić information content (AvgIpc) is 2.67. The minimum atomic E-state index is -3.61. The normalized spacial score (nSPS) is 12.3. The Morgan fingerprint density at radius 1 is 1.53 bits per heavy atom. The molecule has 0 saturated heterocycles. The van der Waals surface area contributed by atoms with Gasteiger partial charge in [-0.25, -0.2) is 8.42 Å². The van der Waals surface area contributed by atoms with E-state index in [-0.39, 0.29) is 17.5 Å². The summed E-state index contributed by atoms with van der Waals surface area (Å²) >= 11 is 5.73. The highest BCUT2D eigenvalue weighted by molar-refractivity contribution is 7.89. The van der Waals surface area contributed by atoms with Gasteiger partial charge in [0.25, 0.3) is 10.0 Å². The van der Waals surface area contributed by atoms with Gasteiger partial charge in [0.15, 0.2) is 5.03 Å². The number of likely N-dealkylation sites (N-methyl/N-ethyl adjacent to an activating group) is 1. The van der Waals surface area contributed by atoms with Gasteiger partial charge in [-0.05, 0) is 6.92 Å². The molecule has 0 atom stereocenters. The van der Waals surface area contributed by atoms with Gasteiger partial charge >= 0.3 is 0 Å². The standard InChI is InChI=1S/C9H16ClN3O3S/c1-7-8(6-10)9(12-11-7)17(14,15)13(2)4-5-16-3/h4-6H2,1-3H3,(H,11,12). The van der Waals surface area contributed by atoms with Crippen molar-refractivity contribution in [3.05, 3.63) is 11.3 Å². The van der Waals surface area contributed by atoms with E-state index in [0.717, 1.165) is 0 Å². The van der Waals surface area contributed by atoms with Gasteiger partial charge in [-0.3, -0.25) is 5.10 Å². The second-order valence-corrected chi connectivity index (χ2v) is 5.81. The van der Waals surface area contributed by atoms with E-state index in [1.54, 1.807) is 6.92 Å². The number of aryl methyl sites for hydroxylation is 1. The molecule has 1 aromatic rings. The molecular weight excluding hydrogens is 266 g/mol. The number of ether oxygens (including phenoxy) is 1. The third-order valence-electron chi connectivity index (χ3n) is 2.43. The summed E-state index contributed by atoms with van der Waals surface area (Å²) in [4.78, 5) is 0. The van der Waals surface area contributed by atoms with Crippen LogP contribution in [0.5, 0.6) is 0 Å². The second-order valence-electron chi connectivity index (χ2n) is 3.59. The number of halogens is 1. The molecule has 0 amide bonds. The summed E-state index contributed by atoms with van der Waals surface area (Å²) < 4.78 is 30.4. The van der Waals surface area contributed by atoms with Gasteiger partial charge in [-0.15, -0.1) is 11.6 Å². The molecule has 0 aliphatic carbocycles. The van der Waals surface area contributed by atoms with Crippen LogP contribution in [0.15, 0.2) is 5.03 Å². The Kier molecular flexibility index (Phi) is 4.93. The number of sulfonamides is 1. The molecule has 1 rings (SSSR count). The fourth-order valence-electron chi connectivity index (χ4n) is 1.29. The molecule has 0 unspecified atom stereocenters. The third kappa shape index (κ3) is 2.98. The lowest BCUT2D eigenvalue weighted by Crippen LogP contribution is -2.31. The number of H-pyrrole nitrogens is 1. The van der Waals surface area contributed by atoms with Gasteiger partial charge in [0.2, 0.25) is 0 Å². The van der Waals surface area contributed by atoms with Crippen molar-refractivity contribution >= 4 is 21.6 Å². The molecule has 1 N–H and O–H groups in total. The molecule has 17 heavy (non-hydrogen) atoms. The lowest BCUT2D eigenvalue weighted by Gasteiger charge is -2.15. The maximum Gasteiger partial charge on any atom is 0.262 e. The van der Waals surface area contributed by atoms with Crippen LogP contribution in [0.3, 0.4) is 0 Å². The first kappa shape index (κ1) is 14.4. The summed E-state index contributed by atoms with van der Waals surface area (Å²) in [6.07, 6.45) is 0. The largest absolute Gasteiger partial charge is 0.383 e. The molecule has 0 aliphatic heterocycles. The Morgan fingerprint density at radius 3 is 2.71 bits per heavy atom. The summed E-state index contributed by atoms with van der Waals surface area (Å²) in [7, 11) is -0.607. The van der Waals surface area contributed by atoms with Crippen LogP contribution in [-0.2, 0) is 20.6 Å². The van der Waals surface area contributed by atoms with E-state index in [2.05, 4.69) is 10.2 Å². The van der Waals surface area contributed by atoms with E-state index < -0.39 is 10.0 Å². The first-order chi connectivity index (χ1) is 7.95. The van der Waals surface area contributed by atoms with Gasteiger partial charge in [0.1, 0.15) is 0 Å². The Bertz CT molecular complexity index is 472. The van der Waals surface area contributed by atoms with E-state index in [4.69, 9.17) is 16.3 Å². The number of alkyl halides is 1. The van der Waals surface area contributed by atoms with Crippen molar-refractivity contribution in [1.82, 2.24) is 14.5 Å². The average molecular weight is 282 g/mol. The van der Waals surface area contributed by atoms with Crippen LogP contribution in [-0.4, -0.2) is 50.2 Å².